The normalized spacial score (nSPS) is 37.2. The Morgan fingerprint density at radius 1 is 1.12 bits per heavy atom. The van der Waals surface area contributed by atoms with Crippen molar-refractivity contribution < 1.29 is 14.3 Å². The molecule has 0 N–H and O–H groups in total. The average Bonchev–Trinajstić information content (AvgIpc) is 3.17. The molecule has 1 aromatic carbocycles. The fraction of sp³-hybridized carbons (Fsp3) is 0.586. The first-order valence-corrected chi connectivity index (χ1v) is 13.6. The van der Waals surface area contributed by atoms with Crippen molar-refractivity contribution in [3.8, 4) is 12.3 Å². The summed E-state index contributed by atoms with van der Waals surface area (Å²) in [4.78, 5) is 26.0. The van der Waals surface area contributed by atoms with Crippen LogP contribution in [-0.2, 0) is 14.3 Å². The number of hydrogen-bond acceptors (Lipinski definition) is 4. The second-order valence-corrected chi connectivity index (χ2v) is 11.5. The molecule has 4 heteroatoms. The van der Waals surface area contributed by atoms with Gasteiger partial charge in [-0.3, -0.25) is 9.59 Å². The molecule has 5 unspecified atom stereocenters. The Kier molecular flexibility index (Phi) is 6.21. The smallest absolute Gasteiger partial charge is 0.317 e. The summed E-state index contributed by atoms with van der Waals surface area (Å²) in [5.41, 5.74) is 0.494. The topological polar surface area (TPSA) is 43.4 Å². The SMILES string of the molecule is C#C[C@]1(OC(=O)CSc2ccccc2)CCC2C3CCC4=CC(=O)CCC4C3CCC21CC. The van der Waals surface area contributed by atoms with E-state index in [1.54, 1.807) is 0 Å². The summed E-state index contributed by atoms with van der Waals surface area (Å²) in [6.45, 7) is 2.24. The monoisotopic (exact) mass is 462 g/mol. The van der Waals surface area contributed by atoms with Gasteiger partial charge >= 0.3 is 5.97 Å². The molecule has 0 spiro atoms. The molecule has 0 aliphatic heterocycles. The van der Waals surface area contributed by atoms with E-state index in [4.69, 9.17) is 11.2 Å². The van der Waals surface area contributed by atoms with Gasteiger partial charge in [-0.15, -0.1) is 18.2 Å². The van der Waals surface area contributed by atoms with Crippen LogP contribution in [0.5, 0.6) is 0 Å². The van der Waals surface area contributed by atoms with Crippen LogP contribution >= 0.6 is 11.8 Å². The van der Waals surface area contributed by atoms with Crippen LogP contribution in [0.2, 0.25) is 0 Å². The van der Waals surface area contributed by atoms with Gasteiger partial charge in [-0.25, -0.2) is 0 Å². The van der Waals surface area contributed by atoms with Crippen LogP contribution in [-0.4, -0.2) is 23.1 Å². The molecule has 0 amide bonds. The second-order valence-electron chi connectivity index (χ2n) is 10.4. The minimum Gasteiger partial charge on any atom is -0.445 e. The summed E-state index contributed by atoms with van der Waals surface area (Å²) in [5.74, 6) is 5.80. The Morgan fingerprint density at radius 2 is 1.94 bits per heavy atom. The molecule has 4 aliphatic carbocycles. The second kappa shape index (κ2) is 8.99. The Hall–Kier alpha value is -1.99. The standard InChI is InChI=1S/C29H34O3S/c1-3-28-16-14-24-23-13-11-21(30)18-20(23)10-12-25(24)26(28)15-17-29(28,4-2)32-27(31)19-33-22-8-6-5-7-9-22/h2,5-9,18,23-26H,3,10-17,19H2,1H3/t23?,24?,25?,26?,28?,29-/m0/s1. The molecule has 5 rings (SSSR count). The first-order chi connectivity index (χ1) is 16.0. The third kappa shape index (κ3) is 3.77. The van der Waals surface area contributed by atoms with Crippen LogP contribution < -0.4 is 0 Å². The van der Waals surface area contributed by atoms with E-state index in [2.05, 4.69) is 12.8 Å². The van der Waals surface area contributed by atoms with Gasteiger partial charge in [0.05, 0.1) is 5.75 Å². The van der Waals surface area contributed by atoms with E-state index in [-0.39, 0.29) is 17.1 Å². The predicted molar refractivity (Wildman–Crippen MR) is 132 cm³/mol. The van der Waals surface area contributed by atoms with Gasteiger partial charge in [-0.05, 0) is 93.2 Å². The molecule has 0 heterocycles. The first kappa shape index (κ1) is 22.8. The van der Waals surface area contributed by atoms with Crippen molar-refractivity contribution >= 4 is 23.5 Å². The molecule has 0 saturated heterocycles. The fourth-order valence-electron chi connectivity index (χ4n) is 8.00. The van der Waals surface area contributed by atoms with E-state index in [0.717, 1.165) is 56.3 Å². The van der Waals surface area contributed by atoms with Gasteiger partial charge in [0.2, 0.25) is 0 Å². The van der Waals surface area contributed by atoms with Gasteiger partial charge in [0.1, 0.15) is 0 Å². The van der Waals surface area contributed by atoms with Crippen LogP contribution in [0.15, 0.2) is 46.9 Å². The molecular formula is C29H34O3S. The molecule has 1 aromatic rings. The minimum absolute atomic E-state index is 0.123. The summed E-state index contributed by atoms with van der Waals surface area (Å²) in [6, 6.07) is 9.97. The number of ketones is 1. The van der Waals surface area contributed by atoms with Crippen LogP contribution in [0.4, 0.5) is 0 Å². The number of fused-ring (bicyclic) bond motifs is 5. The van der Waals surface area contributed by atoms with E-state index in [9.17, 15) is 9.59 Å². The molecule has 3 saturated carbocycles. The van der Waals surface area contributed by atoms with Crippen LogP contribution in [0.1, 0.15) is 64.7 Å². The van der Waals surface area contributed by atoms with E-state index < -0.39 is 5.60 Å². The number of hydrogen-bond donors (Lipinski definition) is 0. The van der Waals surface area contributed by atoms with Crippen molar-refractivity contribution in [1.82, 2.24) is 0 Å². The van der Waals surface area contributed by atoms with E-state index in [0.29, 0.717) is 35.9 Å². The lowest BCUT2D eigenvalue weighted by atomic mass is 9.49. The third-order valence-corrected chi connectivity index (χ3v) is 10.4. The largest absolute Gasteiger partial charge is 0.445 e. The van der Waals surface area contributed by atoms with Crippen molar-refractivity contribution in [2.24, 2.45) is 29.1 Å². The molecule has 174 valence electrons. The van der Waals surface area contributed by atoms with Gasteiger partial charge in [0.15, 0.2) is 11.4 Å². The average molecular weight is 463 g/mol. The van der Waals surface area contributed by atoms with Gasteiger partial charge in [-0.2, -0.15) is 0 Å². The number of terminal acetylenes is 1. The first-order valence-electron chi connectivity index (χ1n) is 12.6. The number of benzene rings is 1. The lowest BCUT2D eigenvalue weighted by Crippen LogP contribution is -2.55. The van der Waals surface area contributed by atoms with Crippen molar-refractivity contribution in [2.45, 2.75) is 75.2 Å². The summed E-state index contributed by atoms with van der Waals surface area (Å²) in [5, 5.41) is 0. The minimum atomic E-state index is -0.787. The highest BCUT2D eigenvalue weighted by atomic mass is 32.2. The van der Waals surface area contributed by atoms with Crippen molar-refractivity contribution in [2.75, 3.05) is 5.75 Å². The molecule has 6 atom stereocenters. The third-order valence-electron chi connectivity index (χ3n) is 9.37. The molecule has 4 aliphatic rings. The lowest BCUT2D eigenvalue weighted by molar-refractivity contribution is -0.170. The molecule has 33 heavy (non-hydrogen) atoms. The van der Waals surface area contributed by atoms with Crippen molar-refractivity contribution in [1.29, 1.82) is 0 Å². The molecular weight excluding hydrogens is 428 g/mol. The van der Waals surface area contributed by atoms with Gasteiger partial charge in [0.25, 0.3) is 0 Å². The Bertz CT molecular complexity index is 992. The number of ether oxygens (including phenoxy) is 1. The maximum Gasteiger partial charge on any atom is 0.317 e. The maximum absolute atomic E-state index is 13.0. The zero-order valence-electron chi connectivity index (χ0n) is 19.6. The van der Waals surface area contributed by atoms with Gasteiger partial charge in [-0.1, -0.05) is 36.6 Å². The van der Waals surface area contributed by atoms with Crippen LogP contribution in [0.25, 0.3) is 0 Å². The van der Waals surface area contributed by atoms with Gasteiger partial charge < -0.3 is 4.74 Å². The summed E-state index contributed by atoms with van der Waals surface area (Å²) < 4.78 is 6.28. The van der Waals surface area contributed by atoms with Gasteiger partial charge in [0, 0.05) is 16.7 Å². The Balaban J connectivity index is 1.35. The summed E-state index contributed by atoms with van der Waals surface area (Å²) >= 11 is 1.51. The Labute approximate surface area is 202 Å². The van der Waals surface area contributed by atoms with Crippen LogP contribution in [0, 0.1) is 41.4 Å². The number of allylic oxidation sites excluding steroid dienone is 1. The fourth-order valence-corrected chi connectivity index (χ4v) is 8.69. The maximum atomic E-state index is 13.0. The molecule has 0 radical (unpaired) electrons. The molecule has 3 fully saturated rings. The number of rotatable bonds is 5. The molecule has 0 aromatic heterocycles. The zero-order chi connectivity index (χ0) is 23.1. The highest BCUT2D eigenvalue weighted by molar-refractivity contribution is 8.00. The molecule has 0 bridgehead atoms. The van der Waals surface area contributed by atoms with E-state index in [1.807, 2.05) is 36.4 Å². The number of carbonyl (C=O) groups excluding carboxylic acids is 2. The molecule has 3 nitrogen and oxygen atoms in total. The Morgan fingerprint density at radius 3 is 2.70 bits per heavy atom. The highest BCUT2D eigenvalue weighted by Gasteiger charge is 2.65. The number of thioether (sulfide) groups is 1. The van der Waals surface area contributed by atoms with Crippen molar-refractivity contribution in [3.05, 3.63) is 42.0 Å². The van der Waals surface area contributed by atoms with Crippen molar-refractivity contribution in [3.63, 3.8) is 0 Å². The summed E-state index contributed by atoms with van der Waals surface area (Å²) in [7, 11) is 0. The highest BCUT2D eigenvalue weighted by Crippen LogP contribution is 2.67. The lowest BCUT2D eigenvalue weighted by Gasteiger charge is -2.56. The predicted octanol–water partition coefficient (Wildman–Crippen LogP) is 6.23. The van der Waals surface area contributed by atoms with E-state index in [1.165, 1.54) is 17.3 Å². The number of carbonyl (C=O) groups is 2. The quantitative estimate of drug-likeness (QED) is 0.296. The van der Waals surface area contributed by atoms with Crippen LogP contribution in [0.3, 0.4) is 0 Å². The number of esters is 1. The van der Waals surface area contributed by atoms with E-state index >= 15 is 0 Å². The summed E-state index contributed by atoms with van der Waals surface area (Å²) in [6.07, 6.45) is 17.0. The zero-order valence-corrected chi connectivity index (χ0v) is 20.4.